The maximum Gasteiger partial charge on any atom is 0.237 e. The third kappa shape index (κ3) is 4.56. The fourth-order valence-electron chi connectivity index (χ4n) is 1.76. The van der Waals surface area contributed by atoms with Crippen molar-refractivity contribution in [2.24, 2.45) is 5.73 Å². The van der Waals surface area contributed by atoms with Crippen molar-refractivity contribution in [3.05, 3.63) is 17.0 Å². The molecule has 0 atom stereocenters. The summed E-state index contributed by atoms with van der Waals surface area (Å²) in [4.78, 5) is 24.5. The van der Waals surface area contributed by atoms with Gasteiger partial charge in [-0.2, -0.15) is 0 Å². The SMILES string of the molecule is Cc1noc(C)c1CSCC(=O)N(CC(N)=O)C(C)C. The quantitative estimate of drug-likeness (QED) is 0.818. The van der Waals surface area contributed by atoms with Gasteiger partial charge in [0.25, 0.3) is 0 Å². The van der Waals surface area contributed by atoms with Crippen LogP contribution in [0.25, 0.3) is 0 Å². The molecule has 2 amide bonds. The summed E-state index contributed by atoms with van der Waals surface area (Å²) in [5.74, 6) is 1.16. The third-order valence-electron chi connectivity index (χ3n) is 2.92. The molecular weight excluding hydrogens is 278 g/mol. The molecule has 0 saturated carbocycles. The van der Waals surface area contributed by atoms with Crippen molar-refractivity contribution in [2.45, 2.75) is 39.5 Å². The Morgan fingerprint density at radius 2 is 2.05 bits per heavy atom. The highest BCUT2D eigenvalue weighted by atomic mass is 32.2. The van der Waals surface area contributed by atoms with Gasteiger partial charge in [-0.3, -0.25) is 9.59 Å². The van der Waals surface area contributed by atoms with Crippen LogP contribution >= 0.6 is 11.8 Å². The number of nitrogens with zero attached hydrogens (tertiary/aromatic N) is 2. The minimum absolute atomic E-state index is 0.0393. The van der Waals surface area contributed by atoms with E-state index < -0.39 is 5.91 Å². The number of carbonyl (C=O) groups is 2. The zero-order valence-corrected chi connectivity index (χ0v) is 13.1. The summed E-state index contributed by atoms with van der Waals surface area (Å²) >= 11 is 1.48. The number of nitrogens with two attached hydrogens (primary N) is 1. The standard InChI is InChI=1S/C13H21N3O3S/c1-8(2)16(5-12(14)17)13(18)7-20-6-11-9(3)15-19-10(11)4/h8H,5-7H2,1-4H3,(H2,14,17). The van der Waals surface area contributed by atoms with Crippen LogP contribution in [0, 0.1) is 13.8 Å². The largest absolute Gasteiger partial charge is 0.368 e. The number of carbonyl (C=O) groups excluding carboxylic acids is 2. The maximum absolute atomic E-state index is 12.1. The predicted octanol–water partition coefficient (Wildman–Crippen LogP) is 1.25. The van der Waals surface area contributed by atoms with Crippen molar-refractivity contribution in [1.29, 1.82) is 0 Å². The van der Waals surface area contributed by atoms with Crippen LogP contribution in [-0.2, 0) is 15.3 Å². The van der Waals surface area contributed by atoms with E-state index >= 15 is 0 Å². The molecule has 20 heavy (non-hydrogen) atoms. The summed E-state index contributed by atoms with van der Waals surface area (Å²) in [6, 6.07) is -0.0466. The Morgan fingerprint density at radius 3 is 2.50 bits per heavy atom. The fraction of sp³-hybridized carbons (Fsp3) is 0.615. The Labute approximate surface area is 123 Å². The average molecular weight is 299 g/mol. The summed E-state index contributed by atoms with van der Waals surface area (Å²) in [6.45, 7) is 7.41. The van der Waals surface area contributed by atoms with Crippen LogP contribution in [0.2, 0.25) is 0 Å². The normalized spacial score (nSPS) is 10.8. The molecule has 0 aliphatic rings. The minimum Gasteiger partial charge on any atom is -0.368 e. The highest BCUT2D eigenvalue weighted by Crippen LogP contribution is 2.19. The van der Waals surface area contributed by atoms with Gasteiger partial charge in [0.1, 0.15) is 5.76 Å². The molecule has 0 bridgehead atoms. The predicted molar refractivity (Wildman–Crippen MR) is 78.2 cm³/mol. The molecule has 1 rings (SSSR count). The topological polar surface area (TPSA) is 89.4 Å². The number of amides is 2. The zero-order chi connectivity index (χ0) is 15.3. The monoisotopic (exact) mass is 299 g/mol. The first-order valence-corrected chi connectivity index (χ1v) is 7.55. The van der Waals surface area contributed by atoms with Gasteiger partial charge in [-0.15, -0.1) is 11.8 Å². The van der Waals surface area contributed by atoms with Gasteiger partial charge in [-0.1, -0.05) is 5.16 Å². The Morgan fingerprint density at radius 1 is 1.40 bits per heavy atom. The van der Waals surface area contributed by atoms with Crippen LogP contribution in [0.1, 0.15) is 30.9 Å². The van der Waals surface area contributed by atoms with Crippen LogP contribution < -0.4 is 5.73 Å². The molecule has 1 aromatic heterocycles. The van der Waals surface area contributed by atoms with E-state index in [0.717, 1.165) is 17.0 Å². The van der Waals surface area contributed by atoms with E-state index in [0.29, 0.717) is 11.5 Å². The van der Waals surface area contributed by atoms with Crippen molar-refractivity contribution < 1.29 is 14.1 Å². The number of primary amides is 1. The number of rotatable bonds is 7. The first-order valence-electron chi connectivity index (χ1n) is 6.40. The van der Waals surface area contributed by atoms with E-state index in [4.69, 9.17) is 10.3 Å². The molecule has 0 aliphatic carbocycles. The molecule has 7 heteroatoms. The van der Waals surface area contributed by atoms with Gasteiger partial charge in [0.05, 0.1) is 18.0 Å². The van der Waals surface area contributed by atoms with Gasteiger partial charge < -0.3 is 15.2 Å². The van der Waals surface area contributed by atoms with Crippen LogP contribution in [0.15, 0.2) is 4.52 Å². The van der Waals surface area contributed by atoms with Crippen LogP contribution in [0.4, 0.5) is 0 Å². The minimum atomic E-state index is -0.497. The van der Waals surface area contributed by atoms with Crippen molar-refractivity contribution in [3.63, 3.8) is 0 Å². The van der Waals surface area contributed by atoms with Gasteiger partial charge in [-0.05, 0) is 27.7 Å². The molecule has 0 radical (unpaired) electrons. The van der Waals surface area contributed by atoms with Gasteiger partial charge in [0.15, 0.2) is 0 Å². The summed E-state index contributed by atoms with van der Waals surface area (Å²) in [5.41, 5.74) is 7.02. The van der Waals surface area contributed by atoms with E-state index in [9.17, 15) is 9.59 Å². The molecule has 0 fully saturated rings. The molecule has 2 N–H and O–H groups in total. The molecule has 112 valence electrons. The number of hydrogen-bond acceptors (Lipinski definition) is 5. The molecule has 1 aromatic rings. The van der Waals surface area contributed by atoms with Crippen LogP contribution in [0.3, 0.4) is 0 Å². The second kappa shape index (κ2) is 7.33. The van der Waals surface area contributed by atoms with E-state index in [1.807, 2.05) is 27.7 Å². The summed E-state index contributed by atoms with van der Waals surface area (Å²) in [6.07, 6.45) is 0. The molecule has 1 heterocycles. The van der Waals surface area contributed by atoms with Gasteiger partial charge >= 0.3 is 0 Å². The maximum atomic E-state index is 12.1. The Kier molecular flexibility index (Phi) is 6.06. The first-order chi connectivity index (χ1) is 9.32. The van der Waals surface area contributed by atoms with E-state index in [2.05, 4.69) is 5.16 Å². The van der Waals surface area contributed by atoms with Crippen molar-refractivity contribution in [3.8, 4) is 0 Å². The highest BCUT2D eigenvalue weighted by molar-refractivity contribution is 7.99. The highest BCUT2D eigenvalue weighted by Gasteiger charge is 2.19. The van der Waals surface area contributed by atoms with Gasteiger partial charge in [0.2, 0.25) is 11.8 Å². The molecule has 0 spiro atoms. The summed E-state index contributed by atoms with van der Waals surface area (Å²) < 4.78 is 5.07. The number of hydrogen-bond donors (Lipinski definition) is 1. The molecular formula is C13H21N3O3S. The first kappa shape index (κ1) is 16.6. The smallest absolute Gasteiger partial charge is 0.237 e. The Bertz CT molecular complexity index is 466. The molecule has 6 nitrogen and oxygen atoms in total. The molecule has 0 saturated heterocycles. The second-order valence-electron chi connectivity index (χ2n) is 4.88. The van der Waals surface area contributed by atoms with Crippen molar-refractivity contribution >= 4 is 23.6 Å². The summed E-state index contributed by atoms with van der Waals surface area (Å²) in [7, 11) is 0. The fourth-order valence-corrected chi connectivity index (χ4v) is 2.82. The van der Waals surface area contributed by atoms with Gasteiger partial charge in [-0.25, -0.2) is 0 Å². The zero-order valence-electron chi connectivity index (χ0n) is 12.3. The number of thioether (sulfide) groups is 1. The van der Waals surface area contributed by atoms with Crippen LogP contribution in [-0.4, -0.2) is 40.2 Å². The van der Waals surface area contributed by atoms with Crippen molar-refractivity contribution in [1.82, 2.24) is 10.1 Å². The van der Waals surface area contributed by atoms with Crippen LogP contribution in [0.5, 0.6) is 0 Å². The molecule has 0 aromatic carbocycles. The van der Waals surface area contributed by atoms with E-state index in [1.165, 1.54) is 16.7 Å². The lowest BCUT2D eigenvalue weighted by atomic mass is 10.2. The van der Waals surface area contributed by atoms with Gasteiger partial charge in [0, 0.05) is 17.4 Å². The Hall–Kier alpha value is -1.50. The van der Waals surface area contributed by atoms with E-state index in [1.54, 1.807) is 0 Å². The second-order valence-corrected chi connectivity index (χ2v) is 5.86. The third-order valence-corrected chi connectivity index (χ3v) is 3.87. The van der Waals surface area contributed by atoms with E-state index in [-0.39, 0.29) is 18.5 Å². The average Bonchev–Trinajstić information content (AvgIpc) is 2.66. The summed E-state index contributed by atoms with van der Waals surface area (Å²) in [5, 5.41) is 3.87. The lowest BCUT2D eigenvalue weighted by molar-refractivity contribution is -0.134. The molecule has 0 aliphatic heterocycles. The number of aromatic nitrogens is 1. The molecule has 0 unspecified atom stereocenters. The van der Waals surface area contributed by atoms with Crippen molar-refractivity contribution in [2.75, 3.05) is 12.3 Å². The lowest BCUT2D eigenvalue weighted by Gasteiger charge is -2.25. The Balaban J connectivity index is 2.51. The number of aryl methyl sites for hydroxylation is 2. The lowest BCUT2D eigenvalue weighted by Crippen LogP contribution is -2.43.